The number of hydrogen-bond donors (Lipinski definition) is 0. The Balaban J connectivity index is 1.66. The third kappa shape index (κ3) is 1.42. The molecule has 2 heterocycles. The first-order valence-corrected chi connectivity index (χ1v) is 6.84. The summed E-state index contributed by atoms with van der Waals surface area (Å²) >= 11 is 0. The number of nitrogens with zero attached hydrogens (tertiary/aromatic N) is 1. The SMILES string of the molecule is C=COCOC1C[N+]12C(=O)C21CC(C)CC(C)C1. The Morgan fingerprint density at radius 2 is 2.11 bits per heavy atom. The van der Waals surface area contributed by atoms with E-state index in [1.54, 1.807) is 0 Å². The predicted octanol–water partition coefficient (Wildman–Crippen LogP) is 2.01. The summed E-state index contributed by atoms with van der Waals surface area (Å²) in [6, 6.07) is 0. The first-order valence-electron chi connectivity index (χ1n) is 6.84. The van der Waals surface area contributed by atoms with Crippen molar-refractivity contribution in [1.82, 2.24) is 0 Å². The Labute approximate surface area is 108 Å². The van der Waals surface area contributed by atoms with Gasteiger partial charge in [0.2, 0.25) is 5.54 Å². The van der Waals surface area contributed by atoms with Crippen LogP contribution >= 0.6 is 0 Å². The van der Waals surface area contributed by atoms with Gasteiger partial charge in [-0.2, -0.15) is 0 Å². The van der Waals surface area contributed by atoms with Crippen LogP contribution in [0.5, 0.6) is 0 Å². The van der Waals surface area contributed by atoms with E-state index in [2.05, 4.69) is 20.4 Å². The normalized spacial score (nSPS) is 49.4. The van der Waals surface area contributed by atoms with Crippen molar-refractivity contribution in [2.24, 2.45) is 11.8 Å². The molecule has 0 radical (unpaired) electrons. The number of hydrogen-bond acceptors (Lipinski definition) is 3. The lowest BCUT2D eigenvalue weighted by Gasteiger charge is -2.27. The summed E-state index contributed by atoms with van der Waals surface area (Å²) in [5, 5.41) is 0. The van der Waals surface area contributed by atoms with Gasteiger partial charge in [-0.3, -0.25) is 4.74 Å². The van der Waals surface area contributed by atoms with Crippen LogP contribution in [0, 0.1) is 11.8 Å². The highest BCUT2D eigenvalue weighted by molar-refractivity contribution is 5.94. The first kappa shape index (κ1) is 12.2. The smallest absolute Gasteiger partial charge is 0.378 e. The van der Waals surface area contributed by atoms with Gasteiger partial charge in [-0.05, 0) is 18.3 Å². The lowest BCUT2D eigenvalue weighted by Crippen LogP contribution is -2.32. The minimum Gasteiger partial charge on any atom is -0.476 e. The molecule has 2 spiro atoms. The van der Waals surface area contributed by atoms with Crippen LogP contribution in [0.1, 0.15) is 33.1 Å². The molecule has 18 heavy (non-hydrogen) atoms. The van der Waals surface area contributed by atoms with E-state index in [9.17, 15) is 4.79 Å². The van der Waals surface area contributed by atoms with E-state index in [0.29, 0.717) is 22.2 Å². The van der Waals surface area contributed by atoms with Crippen molar-refractivity contribution in [3.05, 3.63) is 12.8 Å². The van der Waals surface area contributed by atoms with Crippen LogP contribution in [0.2, 0.25) is 0 Å². The zero-order chi connectivity index (χ0) is 13.0. The molecule has 4 heteroatoms. The van der Waals surface area contributed by atoms with Crippen molar-refractivity contribution < 1.29 is 18.8 Å². The lowest BCUT2D eigenvalue weighted by molar-refractivity contribution is -0.693. The summed E-state index contributed by atoms with van der Waals surface area (Å²) in [7, 11) is 0. The number of carbonyl (C=O) groups excluding carboxylic acids is 1. The molecule has 100 valence electrons. The van der Waals surface area contributed by atoms with Gasteiger partial charge in [0.15, 0.2) is 13.3 Å². The number of carbonyl (C=O) groups is 1. The molecule has 1 amide bonds. The molecule has 3 aliphatic rings. The average Bonchev–Trinajstić information content (AvgIpc) is 3.12. The quantitative estimate of drug-likeness (QED) is 0.252. The molecular weight excluding hydrogens is 230 g/mol. The van der Waals surface area contributed by atoms with Gasteiger partial charge in [-0.15, -0.1) is 0 Å². The Hall–Kier alpha value is -0.870. The molecule has 3 fully saturated rings. The van der Waals surface area contributed by atoms with Crippen LogP contribution in [0.4, 0.5) is 0 Å². The number of quaternary nitrogens is 1. The Morgan fingerprint density at radius 3 is 2.72 bits per heavy atom. The lowest BCUT2D eigenvalue weighted by atomic mass is 9.76. The highest BCUT2D eigenvalue weighted by Gasteiger charge is 2.93. The Kier molecular flexibility index (Phi) is 2.58. The molecule has 2 aliphatic heterocycles. The van der Waals surface area contributed by atoms with E-state index in [-0.39, 0.29) is 18.6 Å². The summed E-state index contributed by atoms with van der Waals surface area (Å²) < 4.78 is 11.2. The maximum atomic E-state index is 12.3. The molecule has 0 bridgehead atoms. The van der Waals surface area contributed by atoms with E-state index in [0.717, 1.165) is 19.4 Å². The Morgan fingerprint density at radius 1 is 1.44 bits per heavy atom. The fourth-order valence-corrected chi connectivity index (χ4v) is 4.29. The average molecular weight is 252 g/mol. The summed E-state index contributed by atoms with van der Waals surface area (Å²) in [5.41, 5.74) is -0.101. The zero-order valence-electron chi connectivity index (χ0n) is 11.2. The van der Waals surface area contributed by atoms with Crippen LogP contribution in [-0.2, 0) is 14.3 Å². The predicted molar refractivity (Wildman–Crippen MR) is 66.1 cm³/mol. The number of rotatable bonds is 4. The number of fused-ring (bicyclic) bond motifs is 1. The van der Waals surface area contributed by atoms with Gasteiger partial charge in [0.1, 0.15) is 0 Å². The van der Waals surface area contributed by atoms with Crippen LogP contribution in [0.3, 0.4) is 0 Å². The van der Waals surface area contributed by atoms with E-state index >= 15 is 0 Å². The zero-order valence-corrected chi connectivity index (χ0v) is 11.2. The third-order valence-corrected chi connectivity index (χ3v) is 4.90. The third-order valence-electron chi connectivity index (χ3n) is 4.90. The second-order valence-electron chi connectivity index (χ2n) is 6.31. The molecule has 4 unspecified atom stereocenters. The Bertz CT molecular complexity index is 385. The number of amides is 1. The molecule has 4 nitrogen and oxygen atoms in total. The van der Waals surface area contributed by atoms with Gasteiger partial charge in [0.05, 0.1) is 6.26 Å². The van der Waals surface area contributed by atoms with Crippen molar-refractivity contribution in [2.45, 2.75) is 44.9 Å². The van der Waals surface area contributed by atoms with Crippen molar-refractivity contribution in [2.75, 3.05) is 13.3 Å². The maximum Gasteiger partial charge on any atom is 0.378 e. The van der Waals surface area contributed by atoms with Crippen molar-refractivity contribution in [1.29, 1.82) is 0 Å². The molecule has 3 rings (SSSR count). The van der Waals surface area contributed by atoms with Crippen LogP contribution < -0.4 is 0 Å². The van der Waals surface area contributed by atoms with Crippen LogP contribution in [-0.4, -0.2) is 35.5 Å². The largest absolute Gasteiger partial charge is 0.476 e. The van der Waals surface area contributed by atoms with Gasteiger partial charge in [0.25, 0.3) is 6.23 Å². The molecule has 1 aliphatic carbocycles. The van der Waals surface area contributed by atoms with Gasteiger partial charge in [0, 0.05) is 12.8 Å². The minimum absolute atomic E-state index is 0.0370. The van der Waals surface area contributed by atoms with Crippen molar-refractivity contribution in [3.8, 4) is 0 Å². The van der Waals surface area contributed by atoms with Crippen molar-refractivity contribution >= 4 is 5.91 Å². The van der Waals surface area contributed by atoms with Gasteiger partial charge in [-0.25, -0.2) is 9.28 Å². The second kappa shape index (κ2) is 3.81. The molecule has 1 saturated carbocycles. The fourth-order valence-electron chi connectivity index (χ4n) is 4.29. The van der Waals surface area contributed by atoms with Crippen molar-refractivity contribution in [3.63, 3.8) is 0 Å². The highest BCUT2D eigenvalue weighted by Crippen LogP contribution is 2.64. The number of ether oxygens (including phenoxy) is 2. The van der Waals surface area contributed by atoms with Crippen LogP contribution in [0.25, 0.3) is 0 Å². The van der Waals surface area contributed by atoms with E-state index in [1.807, 2.05) is 0 Å². The summed E-state index contributed by atoms with van der Waals surface area (Å²) in [4.78, 5) is 12.3. The molecule has 0 aromatic carbocycles. The molecule has 0 aromatic rings. The summed E-state index contributed by atoms with van der Waals surface area (Å²) in [6.45, 7) is 9.06. The monoisotopic (exact) mass is 252 g/mol. The van der Waals surface area contributed by atoms with Gasteiger partial charge < -0.3 is 4.74 Å². The summed E-state index contributed by atoms with van der Waals surface area (Å²) in [6.07, 6.45) is 4.74. The molecule has 4 atom stereocenters. The molecule has 0 aromatic heterocycles. The van der Waals surface area contributed by atoms with E-state index < -0.39 is 0 Å². The maximum absolute atomic E-state index is 12.3. The first-order chi connectivity index (χ1) is 8.57. The topological polar surface area (TPSA) is 35.5 Å². The van der Waals surface area contributed by atoms with Gasteiger partial charge in [-0.1, -0.05) is 20.4 Å². The van der Waals surface area contributed by atoms with E-state index in [1.165, 1.54) is 12.7 Å². The molecule has 2 saturated heterocycles. The minimum atomic E-state index is -0.101. The van der Waals surface area contributed by atoms with Gasteiger partial charge >= 0.3 is 5.91 Å². The van der Waals surface area contributed by atoms with Crippen LogP contribution in [0.15, 0.2) is 12.8 Å². The highest BCUT2D eigenvalue weighted by atomic mass is 16.7. The fraction of sp³-hybridized carbons (Fsp3) is 0.786. The second-order valence-corrected chi connectivity index (χ2v) is 6.31. The molecular formula is C14H22NO3+. The van der Waals surface area contributed by atoms with E-state index in [4.69, 9.17) is 9.47 Å². The molecule has 0 N–H and O–H groups in total. The summed E-state index contributed by atoms with van der Waals surface area (Å²) in [5.74, 6) is 1.71. The standard InChI is InChI=1S/C14H22NO3/c1-4-17-9-18-12-8-15(12)13(16)14(15)6-10(2)5-11(3)7-14/h4,10-12H,1,5-9H2,2-3H3/q+1.